The second-order valence-electron chi connectivity index (χ2n) is 10.6. The number of nitrogens with zero attached hydrogens (tertiary/aromatic N) is 3. The van der Waals surface area contributed by atoms with Crippen LogP contribution in [0.4, 0.5) is 20.2 Å². The molecule has 0 saturated heterocycles. The fourth-order valence-corrected chi connectivity index (χ4v) is 5.37. The zero-order valence-electron chi connectivity index (χ0n) is 24.5. The van der Waals surface area contributed by atoms with Gasteiger partial charge in [0.25, 0.3) is 23.6 Å². The van der Waals surface area contributed by atoms with E-state index in [2.05, 4.69) is 10.3 Å². The van der Waals surface area contributed by atoms with Crippen molar-refractivity contribution in [2.75, 3.05) is 16.8 Å². The monoisotopic (exact) mass is 614 g/mol. The number of hydrogen-bond donors (Lipinski definition) is 1. The van der Waals surface area contributed by atoms with Crippen LogP contribution in [0.1, 0.15) is 32.7 Å². The molecular formula is C37H28F2N4O3. The Kier molecular flexibility index (Phi) is 8.47. The molecule has 0 aromatic heterocycles. The quantitative estimate of drug-likeness (QED) is 0.236. The molecule has 0 spiro atoms. The molecule has 4 aromatic rings. The molecule has 4 aromatic carbocycles. The van der Waals surface area contributed by atoms with Crippen LogP contribution in [0.25, 0.3) is 16.7 Å². The van der Waals surface area contributed by atoms with Gasteiger partial charge in [0, 0.05) is 71.8 Å². The predicted molar refractivity (Wildman–Crippen MR) is 176 cm³/mol. The highest BCUT2D eigenvalue weighted by atomic mass is 19.3. The maximum atomic E-state index is 15.6. The first-order chi connectivity index (χ1) is 22.3. The van der Waals surface area contributed by atoms with E-state index >= 15 is 8.78 Å². The molecular weight excluding hydrogens is 586 g/mol. The molecule has 0 atom stereocenters. The lowest BCUT2D eigenvalue weighted by atomic mass is 9.97. The fourth-order valence-electron chi connectivity index (χ4n) is 5.37. The number of para-hydroxylation sites is 1. The summed E-state index contributed by atoms with van der Waals surface area (Å²) in [6.07, 6.45) is 7.42. The van der Waals surface area contributed by atoms with E-state index in [0.29, 0.717) is 11.3 Å². The van der Waals surface area contributed by atoms with Gasteiger partial charge < -0.3 is 10.2 Å². The van der Waals surface area contributed by atoms with Gasteiger partial charge in [0.15, 0.2) is 0 Å². The highest BCUT2D eigenvalue weighted by Gasteiger charge is 2.41. The largest absolute Gasteiger partial charge is 0.322 e. The first-order valence-electron chi connectivity index (χ1n) is 14.6. The third-order valence-corrected chi connectivity index (χ3v) is 7.67. The minimum absolute atomic E-state index is 0.0895. The molecule has 0 saturated carbocycles. The molecule has 228 valence electrons. The van der Waals surface area contributed by atoms with E-state index in [1.54, 1.807) is 54.6 Å². The van der Waals surface area contributed by atoms with Gasteiger partial charge in [0.2, 0.25) is 0 Å². The Bertz CT molecular complexity index is 1900. The smallest absolute Gasteiger partial charge is 0.275 e. The summed E-state index contributed by atoms with van der Waals surface area (Å²) in [6.45, 7) is -0.277. The summed E-state index contributed by atoms with van der Waals surface area (Å²) in [5.41, 5.74) is 2.80. The van der Waals surface area contributed by atoms with Gasteiger partial charge in [-0.05, 0) is 53.6 Å². The first kappa shape index (κ1) is 30.1. The molecule has 2 aliphatic heterocycles. The predicted octanol–water partition coefficient (Wildman–Crippen LogP) is 7.57. The van der Waals surface area contributed by atoms with Gasteiger partial charge in [-0.3, -0.25) is 24.3 Å². The molecule has 0 radical (unpaired) electrons. The highest BCUT2D eigenvalue weighted by Crippen LogP contribution is 2.43. The van der Waals surface area contributed by atoms with E-state index in [-0.39, 0.29) is 29.3 Å². The lowest BCUT2D eigenvalue weighted by Crippen LogP contribution is -2.33. The van der Waals surface area contributed by atoms with E-state index in [4.69, 9.17) is 0 Å². The van der Waals surface area contributed by atoms with Crippen LogP contribution in [-0.2, 0) is 4.79 Å². The van der Waals surface area contributed by atoms with Crippen molar-refractivity contribution in [2.24, 2.45) is 4.99 Å². The zero-order valence-corrected chi connectivity index (χ0v) is 24.5. The molecule has 1 N–H and O–H groups in total. The fraction of sp³-hybridized carbons (Fsp3) is 0.0811. The molecule has 0 unspecified atom stereocenters. The molecule has 0 bridgehead atoms. The lowest BCUT2D eigenvalue weighted by molar-refractivity contribution is -0.121. The van der Waals surface area contributed by atoms with Crippen molar-refractivity contribution < 1.29 is 23.2 Å². The average molecular weight is 615 g/mol. The van der Waals surface area contributed by atoms with Crippen LogP contribution in [0.3, 0.4) is 0 Å². The third-order valence-electron chi connectivity index (χ3n) is 7.67. The number of halogens is 2. The number of amides is 3. The molecule has 3 amide bonds. The maximum Gasteiger partial charge on any atom is 0.275 e. The summed E-state index contributed by atoms with van der Waals surface area (Å²) in [5, 5.41) is 2.88. The summed E-state index contributed by atoms with van der Waals surface area (Å²) in [6, 6.07) is 29.5. The van der Waals surface area contributed by atoms with Gasteiger partial charge in [0.05, 0.1) is 5.69 Å². The summed E-state index contributed by atoms with van der Waals surface area (Å²) >= 11 is 0. The van der Waals surface area contributed by atoms with Gasteiger partial charge in [-0.15, -0.1) is 0 Å². The average Bonchev–Trinajstić information content (AvgIpc) is 3.43. The number of carbonyl (C=O) groups excluding carboxylic acids is 3. The highest BCUT2D eigenvalue weighted by molar-refractivity contribution is 6.11. The van der Waals surface area contributed by atoms with Crippen molar-refractivity contribution in [1.82, 2.24) is 4.90 Å². The summed E-state index contributed by atoms with van der Waals surface area (Å²) in [5.74, 6) is -4.86. The number of hydrogen-bond acceptors (Lipinski definition) is 4. The molecule has 9 heteroatoms. The van der Waals surface area contributed by atoms with Gasteiger partial charge >= 0.3 is 0 Å². The Labute approximate surface area is 264 Å². The molecule has 46 heavy (non-hydrogen) atoms. The lowest BCUT2D eigenvalue weighted by Gasteiger charge is -2.23. The number of alkyl halides is 2. The van der Waals surface area contributed by atoms with Crippen LogP contribution in [0.2, 0.25) is 0 Å². The Morgan fingerprint density at radius 3 is 2.28 bits per heavy atom. The Morgan fingerprint density at radius 1 is 0.804 bits per heavy atom. The standard InChI is InChI=1S/C37H28F2N4O3/c38-37(39)19-23-43(33-14-7-6-13-31(33)32(37)25-34(44)42-22-8-20-40-21-24-42)36(46)27-15-17-28(18-16-27)41-35(45)30-12-5-4-11-29(30)26-9-2-1-3-10-26/h1-18,20-22,24-25H,19,23H2,(H,41,45)/b32-25-. The SMILES string of the molecule is O=C(Nc1ccc(C(=O)N2CCC(F)(F)/C(=C\C(=O)N3C=CC=NC=C3)c3ccccc32)cc1)c1ccccc1-c1ccccc1. The van der Waals surface area contributed by atoms with E-state index in [0.717, 1.165) is 22.1 Å². The topological polar surface area (TPSA) is 82.1 Å². The van der Waals surface area contributed by atoms with Crippen LogP contribution >= 0.6 is 0 Å². The van der Waals surface area contributed by atoms with Gasteiger partial charge in [0.1, 0.15) is 0 Å². The van der Waals surface area contributed by atoms with Crippen LogP contribution in [0, 0.1) is 0 Å². The normalized spacial score (nSPS) is 16.0. The van der Waals surface area contributed by atoms with E-state index < -0.39 is 29.7 Å². The molecule has 2 aliphatic rings. The number of nitrogens with one attached hydrogen (secondary N) is 1. The zero-order chi connectivity index (χ0) is 32.1. The third kappa shape index (κ3) is 6.30. The van der Waals surface area contributed by atoms with Gasteiger partial charge in [-0.25, -0.2) is 8.78 Å². The first-order valence-corrected chi connectivity index (χ1v) is 14.6. The number of benzene rings is 4. The number of fused-ring (bicyclic) bond motifs is 1. The Morgan fingerprint density at radius 2 is 1.50 bits per heavy atom. The minimum atomic E-state index is -3.39. The number of rotatable bonds is 5. The molecule has 0 fully saturated rings. The van der Waals surface area contributed by atoms with Crippen LogP contribution in [-0.4, -0.2) is 41.3 Å². The maximum absolute atomic E-state index is 15.6. The summed E-state index contributed by atoms with van der Waals surface area (Å²) < 4.78 is 31.3. The molecule has 7 nitrogen and oxygen atoms in total. The number of carbonyl (C=O) groups is 3. The summed E-state index contributed by atoms with van der Waals surface area (Å²) in [7, 11) is 0. The van der Waals surface area contributed by atoms with E-state index in [9.17, 15) is 14.4 Å². The van der Waals surface area contributed by atoms with Crippen LogP contribution in [0.5, 0.6) is 0 Å². The number of aliphatic imine (C=N–C) groups is 1. The molecule has 6 rings (SSSR count). The second kappa shape index (κ2) is 13.0. The van der Waals surface area contributed by atoms with Gasteiger partial charge in [-0.1, -0.05) is 66.7 Å². The van der Waals surface area contributed by atoms with Crippen molar-refractivity contribution in [1.29, 1.82) is 0 Å². The number of anilines is 2. The molecule has 0 aliphatic carbocycles. The van der Waals surface area contributed by atoms with E-state index in [1.165, 1.54) is 41.9 Å². The minimum Gasteiger partial charge on any atom is -0.322 e. The number of allylic oxidation sites excluding steroid dienone is 2. The van der Waals surface area contributed by atoms with Crippen molar-refractivity contribution in [3.63, 3.8) is 0 Å². The summed E-state index contributed by atoms with van der Waals surface area (Å²) in [4.78, 5) is 46.4. The van der Waals surface area contributed by atoms with Crippen molar-refractivity contribution >= 4 is 40.9 Å². The Hall–Kier alpha value is -5.96. The van der Waals surface area contributed by atoms with Gasteiger partial charge in [-0.2, -0.15) is 0 Å². The van der Waals surface area contributed by atoms with Crippen molar-refractivity contribution in [2.45, 2.75) is 12.3 Å². The van der Waals surface area contributed by atoms with Crippen molar-refractivity contribution in [3.05, 3.63) is 151 Å². The second-order valence-corrected chi connectivity index (χ2v) is 10.6. The molecule has 2 heterocycles. The van der Waals surface area contributed by atoms with Crippen molar-refractivity contribution in [3.8, 4) is 11.1 Å². The Balaban J connectivity index is 1.24. The van der Waals surface area contributed by atoms with Crippen LogP contribution < -0.4 is 10.2 Å². The van der Waals surface area contributed by atoms with Crippen LogP contribution in [0.15, 0.2) is 139 Å². The van der Waals surface area contributed by atoms with E-state index in [1.807, 2.05) is 42.5 Å².